The SMILES string of the molecule is CNC1CCN(C(=O)CCOC(C)CC(C)C)CC1. The molecular weight excluding hydrogens is 240 g/mol. The molecular formula is C15H30N2O2. The van der Waals surface area contributed by atoms with Gasteiger partial charge in [-0.3, -0.25) is 4.79 Å². The predicted octanol–water partition coefficient (Wildman–Crippen LogP) is 2.04. The fraction of sp³-hybridized carbons (Fsp3) is 0.933. The van der Waals surface area contributed by atoms with Crippen molar-refractivity contribution in [2.45, 2.75) is 58.6 Å². The molecule has 4 heteroatoms. The van der Waals surface area contributed by atoms with Crippen molar-refractivity contribution >= 4 is 5.91 Å². The van der Waals surface area contributed by atoms with Crippen molar-refractivity contribution in [1.29, 1.82) is 0 Å². The Morgan fingerprint density at radius 2 is 1.95 bits per heavy atom. The summed E-state index contributed by atoms with van der Waals surface area (Å²) in [4.78, 5) is 14.0. The van der Waals surface area contributed by atoms with E-state index < -0.39 is 0 Å². The summed E-state index contributed by atoms with van der Waals surface area (Å²) < 4.78 is 5.70. The van der Waals surface area contributed by atoms with Crippen LogP contribution >= 0.6 is 0 Å². The third-order valence-electron chi connectivity index (χ3n) is 3.78. The van der Waals surface area contributed by atoms with Crippen LogP contribution < -0.4 is 5.32 Å². The van der Waals surface area contributed by atoms with Crippen LogP contribution in [0, 0.1) is 5.92 Å². The lowest BCUT2D eigenvalue weighted by atomic mass is 10.1. The molecule has 1 unspecified atom stereocenters. The smallest absolute Gasteiger partial charge is 0.224 e. The van der Waals surface area contributed by atoms with Crippen molar-refractivity contribution in [3.63, 3.8) is 0 Å². The zero-order valence-corrected chi connectivity index (χ0v) is 12.9. The maximum absolute atomic E-state index is 12.0. The summed E-state index contributed by atoms with van der Waals surface area (Å²) in [7, 11) is 1.99. The highest BCUT2D eigenvalue weighted by Gasteiger charge is 2.21. The lowest BCUT2D eigenvalue weighted by Crippen LogP contribution is -2.44. The number of carbonyl (C=O) groups is 1. The third-order valence-corrected chi connectivity index (χ3v) is 3.78. The first kappa shape index (κ1) is 16.4. The Labute approximate surface area is 117 Å². The average Bonchev–Trinajstić information content (AvgIpc) is 2.37. The molecule has 0 aliphatic carbocycles. The molecule has 1 N–H and O–H groups in total. The van der Waals surface area contributed by atoms with Crippen molar-refractivity contribution in [2.75, 3.05) is 26.7 Å². The van der Waals surface area contributed by atoms with Crippen LogP contribution in [0.1, 0.15) is 46.5 Å². The van der Waals surface area contributed by atoms with Gasteiger partial charge < -0.3 is 15.0 Å². The number of hydrogen-bond donors (Lipinski definition) is 1. The second-order valence-electron chi connectivity index (χ2n) is 6.00. The highest BCUT2D eigenvalue weighted by molar-refractivity contribution is 5.76. The summed E-state index contributed by atoms with van der Waals surface area (Å²) in [5.41, 5.74) is 0. The molecule has 1 atom stereocenters. The predicted molar refractivity (Wildman–Crippen MR) is 78.1 cm³/mol. The Morgan fingerprint density at radius 3 is 2.47 bits per heavy atom. The van der Waals surface area contributed by atoms with Gasteiger partial charge in [0.25, 0.3) is 0 Å². The standard InChI is InChI=1S/C15H30N2O2/c1-12(2)11-13(3)19-10-7-15(18)17-8-5-14(16-4)6-9-17/h12-14,16H,5-11H2,1-4H3. The van der Waals surface area contributed by atoms with E-state index in [9.17, 15) is 4.79 Å². The van der Waals surface area contributed by atoms with Gasteiger partial charge in [0.1, 0.15) is 0 Å². The van der Waals surface area contributed by atoms with E-state index >= 15 is 0 Å². The molecule has 112 valence electrons. The van der Waals surface area contributed by atoms with Gasteiger partial charge >= 0.3 is 0 Å². The van der Waals surface area contributed by atoms with Crippen LogP contribution in [0.2, 0.25) is 0 Å². The van der Waals surface area contributed by atoms with E-state index in [1.807, 2.05) is 11.9 Å². The average molecular weight is 270 g/mol. The molecule has 0 radical (unpaired) electrons. The number of piperidine rings is 1. The second kappa shape index (κ2) is 8.54. The van der Waals surface area contributed by atoms with E-state index in [0.717, 1.165) is 32.4 Å². The summed E-state index contributed by atoms with van der Waals surface area (Å²) in [5.74, 6) is 0.887. The highest BCUT2D eigenvalue weighted by atomic mass is 16.5. The van der Waals surface area contributed by atoms with Crippen molar-refractivity contribution in [3.05, 3.63) is 0 Å². The van der Waals surface area contributed by atoms with Gasteiger partial charge in [0, 0.05) is 19.1 Å². The molecule has 0 bridgehead atoms. The van der Waals surface area contributed by atoms with Gasteiger partial charge in [-0.25, -0.2) is 0 Å². The first-order valence-corrected chi connectivity index (χ1v) is 7.59. The van der Waals surface area contributed by atoms with Gasteiger partial charge in [0.05, 0.1) is 19.1 Å². The molecule has 19 heavy (non-hydrogen) atoms. The van der Waals surface area contributed by atoms with Crippen LogP contribution in [0.3, 0.4) is 0 Å². The van der Waals surface area contributed by atoms with Crippen molar-refractivity contribution in [3.8, 4) is 0 Å². The molecule has 0 aromatic carbocycles. The minimum absolute atomic E-state index is 0.242. The molecule has 0 aromatic heterocycles. The number of carbonyl (C=O) groups excluding carboxylic acids is 1. The number of likely N-dealkylation sites (tertiary alicyclic amines) is 1. The summed E-state index contributed by atoms with van der Waals surface area (Å²) in [6.07, 6.45) is 3.96. The van der Waals surface area contributed by atoms with Gasteiger partial charge in [0.2, 0.25) is 5.91 Å². The molecule has 1 fully saturated rings. The van der Waals surface area contributed by atoms with Gasteiger partial charge in [0.15, 0.2) is 0 Å². The normalized spacial score (nSPS) is 18.9. The highest BCUT2D eigenvalue weighted by Crippen LogP contribution is 2.12. The zero-order chi connectivity index (χ0) is 14.3. The molecule has 0 spiro atoms. The van der Waals surface area contributed by atoms with Crippen molar-refractivity contribution in [2.24, 2.45) is 5.92 Å². The number of hydrogen-bond acceptors (Lipinski definition) is 3. The van der Waals surface area contributed by atoms with Gasteiger partial charge in [-0.2, -0.15) is 0 Å². The topological polar surface area (TPSA) is 41.6 Å². The second-order valence-corrected chi connectivity index (χ2v) is 6.00. The van der Waals surface area contributed by atoms with Crippen molar-refractivity contribution < 1.29 is 9.53 Å². The summed E-state index contributed by atoms with van der Waals surface area (Å²) >= 11 is 0. The summed E-state index contributed by atoms with van der Waals surface area (Å²) in [5, 5.41) is 3.28. The van der Waals surface area contributed by atoms with E-state index in [4.69, 9.17) is 4.74 Å². The first-order chi connectivity index (χ1) is 9.02. The fourth-order valence-corrected chi connectivity index (χ4v) is 2.65. The largest absolute Gasteiger partial charge is 0.378 e. The zero-order valence-electron chi connectivity index (χ0n) is 12.9. The number of amides is 1. The molecule has 0 saturated carbocycles. The van der Waals surface area contributed by atoms with Crippen LogP contribution in [0.4, 0.5) is 0 Å². The molecule has 1 saturated heterocycles. The Balaban J connectivity index is 2.14. The third kappa shape index (κ3) is 6.39. The number of ether oxygens (including phenoxy) is 1. The summed E-state index contributed by atoms with van der Waals surface area (Å²) in [6, 6.07) is 0.575. The first-order valence-electron chi connectivity index (χ1n) is 7.59. The number of rotatable bonds is 7. The van der Waals surface area contributed by atoms with E-state index in [1.165, 1.54) is 0 Å². The monoisotopic (exact) mass is 270 g/mol. The quantitative estimate of drug-likeness (QED) is 0.770. The van der Waals surface area contributed by atoms with E-state index in [1.54, 1.807) is 0 Å². The van der Waals surface area contributed by atoms with Crippen LogP contribution in [0.25, 0.3) is 0 Å². The Hall–Kier alpha value is -0.610. The van der Waals surface area contributed by atoms with Crippen molar-refractivity contribution in [1.82, 2.24) is 10.2 Å². The Morgan fingerprint density at radius 1 is 1.32 bits per heavy atom. The molecule has 1 aliphatic heterocycles. The molecule has 4 nitrogen and oxygen atoms in total. The molecule has 1 amide bonds. The number of nitrogens with one attached hydrogen (secondary N) is 1. The molecule has 1 heterocycles. The van der Waals surface area contributed by atoms with Gasteiger partial charge in [-0.15, -0.1) is 0 Å². The van der Waals surface area contributed by atoms with E-state index in [0.29, 0.717) is 25.0 Å². The van der Waals surface area contributed by atoms with E-state index in [-0.39, 0.29) is 12.0 Å². The Kier molecular flexibility index (Phi) is 7.39. The Bertz CT molecular complexity index is 261. The number of nitrogens with zero attached hydrogens (tertiary/aromatic N) is 1. The van der Waals surface area contributed by atoms with Crippen LogP contribution in [-0.2, 0) is 9.53 Å². The molecule has 1 aliphatic rings. The maximum atomic E-state index is 12.0. The maximum Gasteiger partial charge on any atom is 0.224 e. The van der Waals surface area contributed by atoms with Gasteiger partial charge in [-0.1, -0.05) is 13.8 Å². The minimum atomic E-state index is 0.242. The lowest BCUT2D eigenvalue weighted by Gasteiger charge is -2.32. The summed E-state index contributed by atoms with van der Waals surface area (Å²) in [6.45, 7) is 8.78. The van der Waals surface area contributed by atoms with Crippen LogP contribution in [0.5, 0.6) is 0 Å². The van der Waals surface area contributed by atoms with E-state index in [2.05, 4.69) is 26.1 Å². The van der Waals surface area contributed by atoms with Crippen LogP contribution in [0.15, 0.2) is 0 Å². The minimum Gasteiger partial charge on any atom is -0.378 e. The lowest BCUT2D eigenvalue weighted by molar-refractivity contribution is -0.133. The van der Waals surface area contributed by atoms with Gasteiger partial charge in [-0.05, 0) is 39.2 Å². The molecule has 0 aromatic rings. The molecule has 1 rings (SSSR count). The fourth-order valence-electron chi connectivity index (χ4n) is 2.65. The van der Waals surface area contributed by atoms with Crippen LogP contribution in [-0.4, -0.2) is 49.7 Å².